The van der Waals surface area contributed by atoms with Gasteiger partial charge in [-0.25, -0.2) is 0 Å². The topological polar surface area (TPSA) is 45.7 Å². The van der Waals surface area contributed by atoms with Crippen LogP contribution in [-0.4, -0.2) is 11.9 Å². The number of quaternary nitrogens is 1. The van der Waals surface area contributed by atoms with Crippen molar-refractivity contribution in [1.82, 2.24) is 0 Å². The molecule has 0 aliphatic carbocycles. The number of amides is 1. The maximum Gasteiger partial charge on any atom is 0.282 e. The van der Waals surface area contributed by atoms with Crippen LogP contribution in [0.2, 0.25) is 0 Å². The Labute approximate surface area is 183 Å². The van der Waals surface area contributed by atoms with E-state index in [1.54, 1.807) is 0 Å². The molecule has 3 heteroatoms. The average molecular weight is 408 g/mol. The van der Waals surface area contributed by atoms with Crippen LogP contribution in [0, 0.1) is 0 Å². The van der Waals surface area contributed by atoms with Crippen LogP contribution >= 0.6 is 0 Å². The molecule has 3 N–H and O–H groups in total. The van der Waals surface area contributed by atoms with Gasteiger partial charge in [-0.2, -0.15) is 0 Å². The van der Waals surface area contributed by atoms with Crippen molar-refractivity contribution in [1.29, 1.82) is 0 Å². The van der Waals surface area contributed by atoms with Crippen LogP contribution in [-0.2, 0) is 4.79 Å². The van der Waals surface area contributed by atoms with Gasteiger partial charge >= 0.3 is 0 Å². The zero-order valence-corrected chi connectivity index (χ0v) is 17.6. The summed E-state index contributed by atoms with van der Waals surface area (Å²) >= 11 is 0. The number of carbonyl (C=O) groups is 1. The van der Waals surface area contributed by atoms with Gasteiger partial charge in [-0.1, -0.05) is 109 Å². The van der Waals surface area contributed by atoms with Gasteiger partial charge in [0.05, 0.1) is 0 Å². The van der Waals surface area contributed by atoms with Crippen LogP contribution in [0.15, 0.2) is 115 Å². The highest BCUT2D eigenvalue weighted by Crippen LogP contribution is 2.27. The summed E-state index contributed by atoms with van der Waals surface area (Å²) in [5.74, 6) is -0.0137. The van der Waals surface area contributed by atoms with Crippen LogP contribution < -0.4 is 10.6 Å². The van der Waals surface area contributed by atoms with E-state index in [2.05, 4.69) is 47.0 Å². The van der Waals surface area contributed by atoms with Crippen molar-refractivity contribution < 1.29 is 10.1 Å². The molecular weight excluding hydrogens is 380 g/mol. The molecule has 0 spiro atoms. The van der Waals surface area contributed by atoms with Crippen LogP contribution in [0.1, 0.15) is 24.1 Å². The first-order valence-corrected chi connectivity index (χ1v) is 10.6. The van der Waals surface area contributed by atoms with Gasteiger partial charge in [0.25, 0.3) is 5.91 Å². The molecule has 4 rings (SSSR count). The Morgan fingerprint density at radius 2 is 1.16 bits per heavy atom. The molecule has 1 atom stereocenters. The minimum atomic E-state index is -0.269. The van der Waals surface area contributed by atoms with Crippen molar-refractivity contribution in [3.05, 3.63) is 126 Å². The fourth-order valence-electron chi connectivity index (χ4n) is 3.82. The van der Waals surface area contributed by atoms with Gasteiger partial charge in [0.2, 0.25) is 0 Å². The highest BCUT2D eigenvalue weighted by atomic mass is 16.2. The van der Waals surface area contributed by atoms with Gasteiger partial charge in [-0.15, -0.1) is 0 Å². The molecule has 0 saturated carbocycles. The maximum absolute atomic E-state index is 13.2. The van der Waals surface area contributed by atoms with Crippen molar-refractivity contribution >= 4 is 11.6 Å². The number of para-hydroxylation sites is 1. The molecule has 0 heterocycles. The molecule has 4 aromatic carbocycles. The van der Waals surface area contributed by atoms with E-state index in [-0.39, 0.29) is 18.0 Å². The van der Waals surface area contributed by atoms with E-state index in [1.807, 2.05) is 85.8 Å². The molecule has 31 heavy (non-hydrogen) atoms. The highest BCUT2D eigenvalue weighted by molar-refractivity contribution is 5.97. The third-order valence-electron chi connectivity index (χ3n) is 5.48. The molecule has 0 fully saturated rings. The third-order valence-corrected chi connectivity index (χ3v) is 5.48. The maximum atomic E-state index is 13.2. The number of hydrogen-bond acceptors (Lipinski definition) is 1. The van der Waals surface area contributed by atoms with Gasteiger partial charge in [0, 0.05) is 22.4 Å². The second-order valence-electron chi connectivity index (χ2n) is 7.68. The van der Waals surface area contributed by atoms with Crippen molar-refractivity contribution in [2.75, 3.05) is 5.32 Å². The first-order chi connectivity index (χ1) is 15.2. The predicted molar refractivity (Wildman–Crippen MR) is 127 cm³/mol. The molecule has 4 aromatic rings. The highest BCUT2D eigenvalue weighted by Gasteiger charge is 2.25. The van der Waals surface area contributed by atoms with E-state index in [0.29, 0.717) is 0 Å². The molecule has 0 aromatic heterocycles. The van der Waals surface area contributed by atoms with Crippen LogP contribution in [0.4, 0.5) is 5.69 Å². The smallest absolute Gasteiger partial charge is 0.282 e. The van der Waals surface area contributed by atoms with Crippen molar-refractivity contribution in [3.63, 3.8) is 0 Å². The number of carbonyl (C=O) groups excluding carboxylic acids is 1. The summed E-state index contributed by atoms with van der Waals surface area (Å²) in [6.07, 6.45) is 0. The average Bonchev–Trinajstić information content (AvgIpc) is 2.84. The number of nitrogens with two attached hydrogens (primary N) is 1. The fourth-order valence-corrected chi connectivity index (χ4v) is 3.82. The van der Waals surface area contributed by atoms with Gasteiger partial charge in [0.1, 0.15) is 6.04 Å². The lowest BCUT2D eigenvalue weighted by molar-refractivity contribution is -0.704. The first kappa shape index (κ1) is 20.6. The van der Waals surface area contributed by atoms with Crippen LogP contribution in [0.25, 0.3) is 11.1 Å². The number of benzene rings is 4. The summed E-state index contributed by atoms with van der Waals surface area (Å²) < 4.78 is 0. The largest absolute Gasteiger partial charge is 0.326 e. The predicted octanol–water partition coefficient (Wildman–Crippen LogP) is 5.03. The Balaban J connectivity index is 1.54. The minimum Gasteiger partial charge on any atom is -0.326 e. The monoisotopic (exact) mass is 407 g/mol. The van der Waals surface area contributed by atoms with Gasteiger partial charge in [-0.05, 0) is 18.6 Å². The third kappa shape index (κ3) is 5.08. The Kier molecular flexibility index (Phi) is 6.56. The second-order valence-corrected chi connectivity index (χ2v) is 7.68. The van der Waals surface area contributed by atoms with Gasteiger partial charge in [-0.3, -0.25) is 4.79 Å². The summed E-state index contributed by atoms with van der Waals surface area (Å²) in [5.41, 5.74) is 5.29. The summed E-state index contributed by atoms with van der Waals surface area (Å²) in [4.78, 5) is 13.2. The minimum absolute atomic E-state index is 0.0137. The molecule has 0 aliphatic rings. The molecule has 0 bridgehead atoms. The van der Waals surface area contributed by atoms with Gasteiger partial charge in [0.15, 0.2) is 6.04 Å². The lowest BCUT2D eigenvalue weighted by atomic mass is 9.98. The van der Waals surface area contributed by atoms with E-state index < -0.39 is 0 Å². The Morgan fingerprint density at radius 3 is 1.74 bits per heavy atom. The summed E-state index contributed by atoms with van der Waals surface area (Å²) in [5, 5.41) is 5.28. The number of anilines is 1. The normalized spacial score (nSPS) is 11.8. The van der Waals surface area contributed by atoms with Crippen molar-refractivity contribution in [2.24, 2.45) is 0 Å². The van der Waals surface area contributed by atoms with E-state index in [4.69, 9.17) is 0 Å². The van der Waals surface area contributed by atoms with Gasteiger partial charge < -0.3 is 10.6 Å². The lowest BCUT2D eigenvalue weighted by Crippen LogP contribution is -2.92. The van der Waals surface area contributed by atoms with Crippen LogP contribution in [0.5, 0.6) is 0 Å². The number of rotatable bonds is 7. The van der Waals surface area contributed by atoms with E-state index in [1.165, 1.54) is 11.1 Å². The number of hydrogen-bond donors (Lipinski definition) is 2. The molecule has 0 saturated heterocycles. The standard InChI is InChI=1S/C28H26N2O/c1-21(29-27(23-15-7-3-8-16-23)24-17-9-4-10-18-24)28(31)30-26-20-12-11-19-25(26)22-13-5-2-6-14-22/h2-21,27,29H,1H3,(H,30,31)/p+1/t21-/m0/s1. The quantitative estimate of drug-likeness (QED) is 0.443. The first-order valence-electron chi connectivity index (χ1n) is 10.6. The Hall–Kier alpha value is -3.69. The molecular formula is C28H27N2O+. The lowest BCUT2D eigenvalue weighted by Gasteiger charge is -2.21. The van der Waals surface area contributed by atoms with E-state index in [9.17, 15) is 4.79 Å². The zero-order chi connectivity index (χ0) is 21.5. The summed E-state index contributed by atoms with van der Waals surface area (Å²) in [6, 6.07) is 38.5. The van der Waals surface area contributed by atoms with Crippen molar-refractivity contribution in [2.45, 2.75) is 19.0 Å². The molecule has 3 nitrogen and oxygen atoms in total. The van der Waals surface area contributed by atoms with E-state index in [0.717, 1.165) is 16.8 Å². The summed E-state index contributed by atoms with van der Waals surface area (Å²) in [7, 11) is 0. The zero-order valence-electron chi connectivity index (χ0n) is 17.6. The number of nitrogens with one attached hydrogen (secondary N) is 1. The molecule has 0 radical (unpaired) electrons. The second kappa shape index (κ2) is 9.88. The Bertz CT molecular complexity index is 1070. The molecule has 0 aliphatic heterocycles. The summed E-state index contributed by atoms with van der Waals surface area (Å²) in [6.45, 7) is 1.96. The molecule has 154 valence electrons. The Morgan fingerprint density at radius 1 is 0.677 bits per heavy atom. The molecule has 0 unspecified atom stereocenters. The molecule has 1 amide bonds. The fraction of sp³-hybridized carbons (Fsp3) is 0.107. The van der Waals surface area contributed by atoms with Crippen molar-refractivity contribution in [3.8, 4) is 11.1 Å². The van der Waals surface area contributed by atoms with Crippen LogP contribution in [0.3, 0.4) is 0 Å². The SMILES string of the molecule is C[C@H]([NH2+]C(c1ccccc1)c1ccccc1)C(=O)Nc1ccccc1-c1ccccc1. The van der Waals surface area contributed by atoms with E-state index >= 15 is 0 Å².